The first-order chi connectivity index (χ1) is 12.6. The molecule has 0 aromatic carbocycles. The third kappa shape index (κ3) is 4.80. The van der Waals surface area contributed by atoms with Crippen LogP contribution in [0.25, 0.3) is 0 Å². The van der Waals surface area contributed by atoms with Gasteiger partial charge in [0.15, 0.2) is 0 Å². The second-order valence-corrected chi connectivity index (χ2v) is 7.76. The lowest BCUT2D eigenvalue weighted by molar-refractivity contribution is -0.133. The SMILES string of the molecule is CCC(CC)CN1CC[C@H]2C[C@H](C(=O)NCc3cnc(C)cn3)O[C@@H]2C1. The highest BCUT2D eigenvalue weighted by atomic mass is 16.5. The number of nitrogens with one attached hydrogen (secondary N) is 1. The van der Waals surface area contributed by atoms with E-state index < -0.39 is 0 Å². The minimum atomic E-state index is -0.323. The average Bonchev–Trinajstić information content (AvgIpc) is 3.09. The Kier molecular flexibility index (Phi) is 6.59. The number of rotatable bonds is 7. The Balaban J connectivity index is 1.47. The summed E-state index contributed by atoms with van der Waals surface area (Å²) in [7, 11) is 0. The molecule has 2 aliphatic rings. The summed E-state index contributed by atoms with van der Waals surface area (Å²) in [5.74, 6) is 1.26. The molecule has 1 aromatic rings. The van der Waals surface area contributed by atoms with Crippen molar-refractivity contribution in [2.75, 3.05) is 19.6 Å². The molecule has 2 fully saturated rings. The van der Waals surface area contributed by atoms with Crippen LogP contribution in [-0.4, -0.2) is 52.6 Å². The van der Waals surface area contributed by atoms with Crippen LogP contribution in [0.4, 0.5) is 0 Å². The second kappa shape index (κ2) is 8.91. The zero-order valence-electron chi connectivity index (χ0n) is 16.3. The minimum Gasteiger partial charge on any atom is -0.364 e. The Morgan fingerprint density at radius 1 is 1.35 bits per heavy atom. The van der Waals surface area contributed by atoms with Gasteiger partial charge in [-0.25, -0.2) is 0 Å². The fraction of sp³-hybridized carbons (Fsp3) is 0.750. The van der Waals surface area contributed by atoms with E-state index in [0.29, 0.717) is 12.5 Å². The Labute approximate surface area is 156 Å². The molecule has 3 rings (SSSR count). The summed E-state index contributed by atoms with van der Waals surface area (Å²) < 4.78 is 6.12. The van der Waals surface area contributed by atoms with Crippen LogP contribution < -0.4 is 5.32 Å². The average molecular weight is 361 g/mol. The van der Waals surface area contributed by atoms with Gasteiger partial charge < -0.3 is 15.0 Å². The van der Waals surface area contributed by atoms with E-state index in [2.05, 4.69) is 34.0 Å². The van der Waals surface area contributed by atoms with E-state index >= 15 is 0 Å². The first kappa shape index (κ1) is 19.2. The van der Waals surface area contributed by atoms with Crippen molar-refractivity contribution in [2.24, 2.45) is 11.8 Å². The van der Waals surface area contributed by atoms with Gasteiger partial charge in [0.05, 0.1) is 30.2 Å². The molecule has 6 nitrogen and oxygen atoms in total. The number of nitrogens with zero attached hydrogens (tertiary/aromatic N) is 3. The van der Waals surface area contributed by atoms with Crippen LogP contribution in [0, 0.1) is 18.8 Å². The molecular formula is C20H32N4O2. The molecule has 0 radical (unpaired) electrons. The Morgan fingerprint density at radius 2 is 2.15 bits per heavy atom. The number of aromatic nitrogens is 2. The molecule has 1 amide bonds. The number of amides is 1. The van der Waals surface area contributed by atoms with Crippen LogP contribution in [0.2, 0.25) is 0 Å². The maximum atomic E-state index is 12.5. The molecule has 3 atom stereocenters. The van der Waals surface area contributed by atoms with Gasteiger partial charge in [0.2, 0.25) is 5.91 Å². The van der Waals surface area contributed by atoms with Crippen molar-refractivity contribution in [3.63, 3.8) is 0 Å². The molecule has 6 heteroatoms. The molecule has 144 valence electrons. The predicted molar refractivity (Wildman–Crippen MR) is 101 cm³/mol. The van der Waals surface area contributed by atoms with Crippen molar-refractivity contribution in [1.82, 2.24) is 20.2 Å². The summed E-state index contributed by atoms with van der Waals surface area (Å²) in [5, 5.41) is 2.95. The first-order valence-corrected chi connectivity index (χ1v) is 10.0. The maximum Gasteiger partial charge on any atom is 0.249 e. The van der Waals surface area contributed by atoms with E-state index in [-0.39, 0.29) is 18.1 Å². The summed E-state index contributed by atoms with van der Waals surface area (Å²) in [6, 6.07) is 0. The smallest absolute Gasteiger partial charge is 0.249 e. The standard InChI is InChI=1S/C20H32N4O2/c1-4-15(5-2)12-24-7-6-16-8-18(26-19(16)13-24)20(25)23-11-17-10-21-14(3)9-22-17/h9-10,15-16,18-19H,4-8,11-13H2,1-3H3,(H,23,25)/t16-,18+,19+/m0/s1. The van der Waals surface area contributed by atoms with Crippen LogP contribution in [0.1, 0.15) is 50.9 Å². The van der Waals surface area contributed by atoms with Gasteiger partial charge in [0.1, 0.15) is 6.10 Å². The molecule has 26 heavy (non-hydrogen) atoms. The van der Waals surface area contributed by atoms with E-state index in [0.717, 1.165) is 49.8 Å². The van der Waals surface area contributed by atoms with E-state index in [9.17, 15) is 4.79 Å². The first-order valence-electron chi connectivity index (χ1n) is 10.0. The third-order valence-electron chi connectivity index (χ3n) is 5.88. The number of piperidine rings is 1. The number of ether oxygens (including phenoxy) is 1. The van der Waals surface area contributed by atoms with E-state index in [1.165, 1.54) is 12.8 Å². The lowest BCUT2D eigenvalue weighted by atomic mass is 9.90. The van der Waals surface area contributed by atoms with Crippen LogP contribution >= 0.6 is 0 Å². The van der Waals surface area contributed by atoms with Crippen molar-refractivity contribution < 1.29 is 9.53 Å². The summed E-state index contributed by atoms with van der Waals surface area (Å²) >= 11 is 0. The Hall–Kier alpha value is -1.53. The van der Waals surface area contributed by atoms with Crippen LogP contribution in [0.15, 0.2) is 12.4 Å². The zero-order chi connectivity index (χ0) is 18.5. The Bertz CT molecular complexity index is 588. The predicted octanol–water partition coefficient (Wildman–Crippen LogP) is 2.32. The normalized spacial score (nSPS) is 26.1. The largest absolute Gasteiger partial charge is 0.364 e. The number of carbonyl (C=O) groups is 1. The van der Waals surface area contributed by atoms with Gasteiger partial charge in [-0.1, -0.05) is 26.7 Å². The van der Waals surface area contributed by atoms with Crippen molar-refractivity contribution >= 4 is 5.91 Å². The molecule has 0 aliphatic carbocycles. The molecule has 0 spiro atoms. The topological polar surface area (TPSA) is 67.4 Å². The van der Waals surface area contributed by atoms with Crippen LogP contribution in [0.5, 0.6) is 0 Å². The third-order valence-corrected chi connectivity index (χ3v) is 5.88. The highest BCUT2D eigenvalue weighted by molar-refractivity contribution is 5.81. The maximum absolute atomic E-state index is 12.5. The fourth-order valence-electron chi connectivity index (χ4n) is 4.04. The van der Waals surface area contributed by atoms with E-state index in [4.69, 9.17) is 4.74 Å². The summed E-state index contributed by atoms with van der Waals surface area (Å²) in [6.45, 7) is 10.1. The molecule has 2 aliphatic heterocycles. The van der Waals surface area contributed by atoms with Crippen LogP contribution in [0.3, 0.4) is 0 Å². The van der Waals surface area contributed by atoms with Gasteiger partial charge >= 0.3 is 0 Å². The summed E-state index contributed by atoms with van der Waals surface area (Å²) in [5.41, 5.74) is 1.65. The van der Waals surface area contributed by atoms with Gasteiger partial charge in [0, 0.05) is 19.3 Å². The summed E-state index contributed by atoms with van der Waals surface area (Å²) in [6.07, 6.45) is 7.75. The monoisotopic (exact) mass is 360 g/mol. The summed E-state index contributed by atoms with van der Waals surface area (Å²) in [4.78, 5) is 23.5. The molecule has 0 bridgehead atoms. The van der Waals surface area contributed by atoms with Gasteiger partial charge in [-0.05, 0) is 38.1 Å². The molecule has 3 heterocycles. The number of likely N-dealkylation sites (tertiary alicyclic amines) is 1. The molecular weight excluding hydrogens is 328 g/mol. The quantitative estimate of drug-likeness (QED) is 0.808. The number of carbonyl (C=O) groups excluding carboxylic acids is 1. The molecule has 0 unspecified atom stereocenters. The lowest BCUT2D eigenvalue weighted by Crippen LogP contribution is -2.44. The van der Waals surface area contributed by atoms with Crippen molar-refractivity contribution in [3.05, 3.63) is 23.8 Å². The van der Waals surface area contributed by atoms with Gasteiger partial charge in [0.25, 0.3) is 0 Å². The molecule has 1 aromatic heterocycles. The van der Waals surface area contributed by atoms with E-state index in [1.807, 2.05) is 6.92 Å². The Morgan fingerprint density at radius 3 is 2.85 bits per heavy atom. The molecule has 0 saturated carbocycles. The molecule has 2 saturated heterocycles. The lowest BCUT2D eigenvalue weighted by Gasteiger charge is -2.35. The van der Waals surface area contributed by atoms with Gasteiger partial charge in [-0.3, -0.25) is 14.8 Å². The number of aryl methyl sites for hydroxylation is 1. The van der Waals surface area contributed by atoms with E-state index in [1.54, 1.807) is 12.4 Å². The van der Waals surface area contributed by atoms with Crippen LogP contribution in [-0.2, 0) is 16.1 Å². The second-order valence-electron chi connectivity index (χ2n) is 7.76. The highest BCUT2D eigenvalue weighted by Crippen LogP contribution is 2.33. The van der Waals surface area contributed by atoms with Crippen molar-refractivity contribution in [3.8, 4) is 0 Å². The zero-order valence-corrected chi connectivity index (χ0v) is 16.3. The van der Waals surface area contributed by atoms with Crippen molar-refractivity contribution in [2.45, 2.75) is 65.2 Å². The molecule has 1 N–H and O–H groups in total. The fourth-order valence-corrected chi connectivity index (χ4v) is 4.04. The number of hydrogen-bond donors (Lipinski definition) is 1. The number of fused-ring (bicyclic) bond motifs is 1. The van der Waals surface area contributed by atoms with Gasteiger partial charge in [-0.2, -0.15) is 0 Å². The van der Waals surface area contributed by atoms with Gasteiger partial charge in [-0.15, -0.1) is 0 Å². The highest BCUT2D eigenvalue weighted by Gasteiger charge is 2.41. The number of hydrogen-bond acceptors (Lipinski definition) is 5. The van der Waals surface area contributed by atoms with Crippen molar-refractivity contribution in [1.29, 1.82) is 0 Å². The minimum absolute atomic E-state index is 0.0201.